The summed E-state index contributed by atoms with van der Waals surface area (Å²) in [5.41, 5.74) is 1.62. The van der Waals surface area contributed by atoms with Crippen LogP contribution in [0.4, 0.5) is 0 Å². The number of aryl methyl sites for hydroxylation is 1. The highest BCUT2D eigenvalue weighted by Gasteiger charge is 2.34. The molecular formula is C20H28N4O3. The fraction of sp³-hybridized carbons (Fsp3) is 0.500. The molecule has 27 heavy (non-hydrogen) atoms. The Morgan fingerprint density at radius 2 is 2.26 bits per heavy atom. The van der Waals surface area contributed by atoms with E-state index in [-0.39, 0.29) is 18.1 Å². The van der Waals surface area contributed by atoms with Crippen LogP contribution in [-0.4, -0.2) is 70.5 Å². The minimum absolute atomic E-state index is 0.171. The number of carbonyl (C=O) groups is 1. The minimum Gasteiger partial charge on any atom is -0.388 e. The van der Waals surface area contributed by atoms with Gasteiger partial charge in [0.05, 0.1) is 12.1 Å². The summed E-state index contributed by atoms with van der Waals surface area (Å²) in [4.78, 5) is 18.9. The van der Waals surface area contributed by atoms with Gasteiger partial charge < -0.3 is 24.6 Å². The predicted molar refractivity (Wildman–Crippen MR) is 102 cm³/mol. The molecule has 7 nitrogen and oxygen atoms in total. The zero-order valence-corrected chi connectivity index (χ0v) is 15.9. The van der Waals surface area contributed by atoms with Crippen LogP contribution in [0.25, 0.3) is 0 Å². The van der Waals surface area contributed by atoms with E-state index in [0.29, 0.717) is 25.3 Å². The quantitative estimate of drug-likeness (QED) is 0.753. The van der Waals surface area contributed by atoms with Crippen molar-refractivity contribution >= 4 is 5.91 Å². The van der Waals surface area contributed by atoms with E-state index in [9.17, 15) is 9.90 Å². The van der Waals surface area contributed by atoms with Crippen LogP contribution < -0.4 is 5.32 Å². The van der Waals surface area contributed by atoms with E-state index in [1.165, 1.54) is 0 Å². The number of hydrogen-bond acceptors (Lipinski definition) is 5. The maximum absolute atomic E-state index is 12.4. The molecule has 0 saturated carbocycles. The highest BCUT2D eigenvalue weighted by molar-refractivity contribution is 5.92. The molecule has 1 aliphatic rings. The number of pyridine rings is 1. The number of aliphatic hydroxyl groups is 1. The molecule has 0 aliphatic carbocycles. The lowest BCUT2D eigenvalue weighted by molar-refractivity contribution is -0.0974. The number of aliphatic hydroxyl groups excluding tert-OH is 1. The van der Waals surface area contributed by atoms with Crippen molar-refractivity contribution in [1.82, 2.24) is 19.8 Å². The van der Waals surface area contributed by atoms with E-state index in [4.69, 9.17) is 4.74 Å². The summed E-state index contributed by atoms with van der Waals surface area (Å²) < 4.78 is 7.54. The lowest BCUT2D eigenvalue weighted by atomic mass is 9.99. The summed E-state index contributed by atoms with van der Waals surface area (Å²) in [6.45, 7) is 1.95. The number of nitrogens with zero attached hydrogens (tertiary/aromatic N) is 3. The van der Waals surface area contributed by atoms with E-state index in [2.05, 4.69) is 15.2 Å². The molecule has 0 radical (unpaired) electrons. The number of amides is 1. The Kier molecular flexibility index (Phi) is 6.60. The van der Waals surface area contributed by atoms with Crippen LogP contribution in [0.2, 0.25) is 0 Å². The normalized spacial score (nSPS) is 22.7. The van der Waals surface area contributed by atoms with Crippen molar-refractivity contribution in [3.63, 3.8) is 0 Å². The number of likely N-dealkylation sites (N-methyl/N-ethyl adjacent to an activating group) is 1. The van der Waals surface area contributed by atoms with Crippen LogP contribution >= 0.6 is 0 Å². The first-order valence-electron chi connectivity index (χ1n) is 9.35. The van der Waals surface area contributed by atoms with Crippen LogP contribution in [-0.2, 0) is 18.2 Å². The summed E-state index contributed by atoms with van der Waals surface area (Å²) >= 11 is 0. The van der Waals surface area contributed by atoms with Gasteiger partial charge in [0, 0.05) is 51.3 Å². The molecule has 1 saturated heterocycles. The standard InChI is InChI=1S/C20H28N4O3/c1-23(12-8-15-6-3-4-10-21-15)14-18-19(25)16(9-13-27-18)22-20(26)17-7-5-11-24(17)2/h3-7,10-11,16,18-19,25H,8-9,12-14H2,1-2H3,(H,22,26)/t16-,18+,19-/m0/s1. The summed E-state index contributed by atoms with van der Waals surface area (Å²) in [7, 11) is 3.83. The topological polar surface area (TPSA) is 79.6 Å². The monoisotopic (exact) mass is 372 g/mol. The Labute approximate surface area is 160 Å². The summed E-state index contributed by atoms with van der Waals surface area (Å²) in [5, 5.41) is 13.6. The zero-order chi connectivity index (χ0) is 19.2. The molecule has 1 amide bonds. The Hall–Kier alpha value is -2.22. The van der Waals surface area contributed by atoms with Crippen molar-refractivity contribution in [2.45, 2.75) is 31.1 Å². The first kappa shape index (κ1) is 19.5. The third-order valence-corrected chi connectivity index (χ3v) is 5.01. The van der Waals surface area contributed by atoms with Gasteiger partial charge in [-0.25, -0.2) is 0 Å². The molecule has 0 bridgehead atoms. The molecule has 1 fully saturated rings. The van der Waals surface area contributed by atoms with Crippen molar-refractivity contribution in [3.8, 4) is 0 Å². The summed E-state index contributed by atoms with van der Waals surface area (Å²) in [6, 6.07) is 9.18. The second-order valence-corrected chi connectivity index (χ2v) is 7.11. The molecule has 2 aromatic rings. The third-order valence-electron chi connectivity index (χ3n) is 5.01. The lowest BCUT2D eigenvalue weighted by Crippen LogP contribution is -2.56. The summed E-state index contributed by atoms with van der Waals surface area (Å²) in [6.07, 6.45) is 4.00. The van der Waals surface area contributed by atoms with E-state index >= 15 is 0 Å². The average molecular weight is 372 g/mol. The zero-order valence-electron chi connectivity index (χ0n) is 15.9. The molecule has 1 aliphatic heterocycles. The van der Waals surface area contributed by atoms with Gasteiger partial charge in [-0.2, -0.15) is 0 Å². The van der Waals surface area contributed by atoms with E-state index in [1.54, 1.807) is 16.8 Å². The number of aromatic nitrogens is 2. The van der Waals surface area contributed by atoms with Crippen LogP contribution in [0, 0.1) is 0 Å². The van der Waals surface area contributed by atoms with Gasteiger partial charge >= 0.3 is 0 Å². The van der Waals surface area contributed by atoms with Gasteiger partial charge in [-0.1, -0.05) is 6.07 Å². The number of nitrogens with one attached hydrogen (secondary N) is 1. The van der Waals surface area contributed by atoms with Gasteiger partial charge in [0.25, 0.3) is 5.91 Å². The predicted octanol–water partition coefficient (Wildman–Crippen LogP) is 0.843. The van der Waals surface area contributed by atoms with Crippen LogP contribution in [0.5, 0.6) is 0 Å². The Balaban J connectivity index is 1.51. The van der Waals surface area contributed by atoms with Crippen molar-refractivity contribution in [3.05, 3.63) is 54.1 Å². The maximum atomic E-state index is 12.4. The number of hydrogen-bond donors (Lipinski definition) is 2. The molecule has 0 unspecified atom stereocenters. The SMILES string of the molecule is CN(CCc1ccccn1)C[C@H]1OCC[C@H](NC(=O)c2cccn2C)[C@@H]1O. The van der Waals surface area contributed by atoms with E-state index in [1.807, 2.05) is 44.6 Å². The fourth-order valence-corrected chi connectivity index (χ4v) is 3.38. The van der Waals surface area contributed by atoms with Crippen LogP contribution in [0.1, 0.15) is 22.6 Å². The molecule has 3 rings (SSSR count). The highest BCUT2D eigenvalue weighted by Crippen LogP contribution is 2.17. The number of ether oxygens (including phenoxy) is 1. The van der Waals surface area contributed by atoms with Crippen molar-refractivity contribution in [2.24, 2.45) is 7.05 Å². The van der Waals surface area contributed by atoms with Gasteiger partial charge in [-0.3, -0.25) is 9.78 Å². The smallest absolute Gasteiger partial charge is 0.268 e. The van der Waals surface area contributed by atoms with E-state index in [0.717, 1.165) is 18.7 Å². The Morgan fingerprint density at radius 1 is 1.41 bits per heavy atom. The largest absolute Gasteiger partial charge is 0.388 e. The second kappa shape index (κ2) is 9.12. The molecule has 146 valence electrons. The highest BCUT2D eigenvalue weighted by atomic mass is 16.5. The molecule has 7 heteroatoms. The lowest BCUT2D eigenvalue weighted by Gasteiger charge is -2.37. The third kappa shape index (κ3) is 5.15. The van der Waals surface area contributed by atoms with Crippen molar-refractivity contribution < 1.29 is 14.6 Å². The molecule has 3 atom stereocenters. The van der Waals surface area contributed by atoms with Gasteiger partial charge in [-0.05, 0) is 37.7 Å². The van der Waals surface area contributed by atoms with Crippen molar-refractivity contribution in [2.75, 3.05) is 26.7 Å². The van der Waals surface area contributed by atoms with Gasteiger partial charge in [0.2, 0.25) is 0 Å². The molecule has 3 heterocycles. The minimum atomic E-state index is -0.736. The Bertz CT molecular complexity index is 734. The molecule has 2 N–H and O–H groups in total. The van der Waals surface area contributed by atoms with Gasteiger partial charge in [0.15, 0.2) is 0 Å². The molecule has 0 spiro atoms. The number of rotatable bonds is 7. The van der Waals surface area contributed by atoms with Crippen LogP contribution in [0.3, 0.4) is 0 Å². The molecular weight excluding hydrogens is 344 g/mol. The van der Waals surface area contributed by atoms with Gasteiger partial charge in [-0.15, -0.1) is 0 Å². The number of carbonyl (C=O) groups excluding carboxylic acids is 1. The summed E-state index contributed by atoms with van der Waals surface area (Å²) in [5.74, 6) is -0.171. The first-order chi connectivity index (χ1) is 13.0. The maximum Gasteiger partial charge on any atom is 0.268 e. The molecule has 0 aromatic carbocycles. The van der Waals surface area contributed by atoms with Crippen LogP contribution in [0.15, 0.2) is 42.7 Å². The average Bonchev–Trinajstić information content (AvgIpc) is 3.10. The van der Waals surface area contributed by atoms with E-state index < -0.39 is 6.10 Å². The van der Waals surface area contributed by atoms with Crippen molar-refractivity contribution in [1.29, 1.82) is 0 Å². The molecule has 2 aromatic heterocycles. The second-order valence-electron chi connectivity index (χ2n) is 7.11. The first-order valence-corrected chi connectivity index (χ1v) is 9.35. The Morgan fingerprint density at radius 3 is 2.96 bits per heavy atom. The van der Waals surface area contributed by atoms with Gasteiger partial charge in [0.1, 0.15) is 11.8 Å². The fourth-order valence-electron chi connectivity index (χ4n) is 3.38.